The standard InChI is InChI=1S/C14H13N3O3/c1-14(2)7-10(9-3-5-15-8-11(9)20-14)17-12(18)4-6-16-13(17)19/h3-8H,1-2H3,(H,16,19). The van der Waals surface area contributed by atoms with Gasteiger partial charge >= 0.3 is 5.69 Å². The minimum atomic E-state index is -0.632. The van der Waals surface area contributed by atoms with Crippen LogP contribution in [0, 0.1) is 0 Å². The number of aromatic nitrogens is 3. The van der Waals surface area contributed by atoms with Gasteiger partial charge in [-0.3, -0.25) is 9.78 Å². The first kappa shape index (κ1) is 12.4. The zero-order valence-corrected chi connectivity index (χ0v) is 11.1. The minimum Gasteiger partial charge on any atom is -0.481 e. The summed E-state index contributed by atoms with van der Waals surface area (Å²) in [6.45, 7) is 3.70. The molecule has 0 fully saturated rings. The van der Waals surface area contributed by atoms with E-state index in [4.69, 9.17) is 4.74 Å². The highest BCUT2D eigenvalue weighted by Gasteiger charge is 2.28. The Labute approximate surface area is 114 Å². The lowest BCUT2D eigenvalue weighted by molar-refractivity contribution is 0.156. The number of H-pyrrole nitrogens is 1. The van der Waals surface area contributed by atoms with Gasteiger partial charge in [0, 0.05) is 24.0 Å². The topological polar surface area (TPSA) is 77.0 Å². The Morgan fingerprint density at radius 1 is 1.30 bits per heavy atom. The quantitative estimate of drug-likeness (QED) is 0.839. The second-order valence-electron chi connectivity index (χ2n) is 5.06. The van der Waals surface area contributed by atoms with Crippen molar-refractivity contribution in [2.24, 2.45) is 0 Å². The van der Waals surface area contributed by atoms with E-state index in [0.29, 0.717) is 17.0 Å². The van der Waals surface area contributed by atoms with Gasteiger partial charge in [0.25, 0.3) is 5.56 Å². The van der Waals surface area contributed by atoms with Crippen LogP contribution < -0.4 is 16.0 Å². The zero-order chi connectivity index (χ0) is 14.3. The van der Waals surface area contributed by atoms with Crippen molar-refractivity contribution < 1.29 is 4.74 Å². The lowest BCUT2D eigenvalue weighted by atomic mass is 10.00. The molecular weight excluding hydrogens is 258 g/mol. The number of rotatable bonds is 1. The van der Waals surface area contributed by atoms with E-state index >= 15 is 0 Å². The summed E-state index contributed by atoms with van der Waals surface area (Å²) in [7, 11) is 0. The van der Waals surface area contributed by atoms with Crippen LogP contribution in [0.4, 0.5) is 0 Å². The molecule has 20 heavy (non-hydrogen) atoms. The van der Waals surface area contributed by atoms with Gasteiger partial charge in [0.15, 0.2) is 0 Å². The van der Waals surface area contributed by atoms with Crippen molar-refractivity contribution in [1.82, 2.24) is 14.5 Å². The highest BCUT2D eigenvalue weighted by molar-refractivity contribution is 5.72. The third-order valence-corrected chi connectivity index (χ3v) is 3.01. The van der Waals surface area contributed by atoms with Crippen LogP contribution in [-0.4, -0.2) is 20.1 Å². The summed E-state index contributed by atoms with van der Waals surface area (Å²) in [5, 5.41) is 0. The van der Waals surface area contributed by atoms with E-state index in [1.165, 1.54) is 12.3 Å². The number of nitrogens with zero attached hydrogens (tertiary/aromatic N) is 2. The first-order valence-electron chi connectivity index (χ1n) is 6.15. The minimum absolute atomic E-state index is 0.388. The number of hydrogen-bond acceptors (Lipinski definition) is 4. The van der Waals surface area contributed by atoms with Crippen LogP contribution in [0.3, 0.4) is 0 Å². The third-order valence-electron chi connectivity index (χ3n) is 3.01. The van der Waals surface area contributed by atoms with Crippen LogP contribution in [0.25, 0.3) is 5.70 Å². The predicted molar refractivity (Wildman–Crippen MR) is 73.6 cm³/mol. The van der Waals surface area contributed by atoms with Gasteiger partial charge in [0.1, 0.15) is 11.4 Å². The number of fused-ring (bicyclic) bond motifs is 1. The number of aromatic amines is 1. The maximum atomic E-state index is 12.0. The van der Waals surface area contributed by atoms with Crippen LogP contribution in [-0.2, 0) is 0 Å². The number of ether oxygens (including phenoxy) is 1. The van der Waals surface area contributed by atoms with Gasteiger partial charge in [-0.25, -0.2) is 9.36 Å². The van der Waals surface area contributed by atoms with E-state index in [0.717, 1.165) is 4.57 Å². The smallest absolute Gasteiger partial charge is 0.332 e. The van der Waals surface area contributed by atoms with E-state index < -0.39 is 11.3 Å². The molecule has 1 aliphatic rings. The number of nitrogens with one attached hydrogen (secondary N) is 1. The molecular formula is C14H13N3O3. The molecule has 0 radical (unpaired) electrons. The zero-order valence-electron chi connectivity index (χ0n) is 11.1. The molecule has 0 aliphatic carbocycles. The van der Waals surface area contributed by atoms with Gasteiger partial charge in [-0.1, -0.05) is 0 Å². The van der Waals surface area contributed by atoms with Crippen molar-refractivity contribution in [1.29, 1.82) is 0 Å². The summed E-state index contributed by atoms with van der Waals surface area (Å²) in [6, 6.07) is 3.03. The van der Waals surface area contributed by atoms with E-state index in [1.807, 2.05) is 13.8 Å². The van der Waals surface area contributed by atoms with E-state index in [-0.39, 0.29) is 5.56 Å². The molecule has 3 heterocycles. The first-order valence-corrected chi connectivity index (χ1v) is 6.15. The Morgan fingerprint density at radius 2 is 2.10 bits per heavy atom. The fourth-order valence-corrected chi connectivity index (χ4v) is 2.23. The SMILES string of the molecule is CC1(C)C=C(n2c(=O)cc[nH]c2=O)c2ccncc2O1. The Morgan fingerprint density at radius 3 is 2.85 bits per heavy atom. The molecule has 0 saturated carbocycles. The normalized spacial score (nSPS) is 16.0. The van der Waals surface area contributed by atoms with Gasteiger partial charge in [0.05, 0.1) is 11.9 Å². The third kappa shape index (κ3) is 1.95. The van der Waals surface area contributed by atoms with Crippen LogP contribution in [0.1, 0.15) is 19.4 Å². The predicted octanol–water partition coefficient (Wildman–Crippen LogP) is 0.992. The Balaban J connectivity index is 2.34. The van der Waals surface area contributed by atoms with Crippen molar-refractivity contribution >= 4 is 5.70 Å². The monoisotopic (exact) mass is 271 g/mol. The summed E-state index contributed by atoms with van der Waals surface area (Å²) >= 11 is 0. The average Bonchev–Trinajstić information content (AvgIpc) is 2.37. The second kappa shape index (κ2) is 4.19. The van der Waals surface area contributed by atoms with Gasteiger partial charge in [-0.2, -0.15) is 0 Å². The first-order chi connectivity index (χ1) is 9.48. The molecule has 6 nitrogen and oxygen atoms in total. The summed E-state index contributed by atoms with van der Waals surface area (Å²) < 4.78 is 6.88. The molecule has 0 aromatic carbocycles. The van der Waals surface area contributed by atoms with E-state index in [1.54, 1.807) is 24.5 Å². The Kier molecular flexibility index (Phi) is 2.60. The van der Waals surface area contributed by atoms with Crippen molar-refractivity contribution in [2.75, 3.05) is 0 Å². The maximum absolute atomic E-state index is 12.0. The fraction of sp³-hybridized carbons (Fsp3) is 0.214. The van der Waals surface area contributed by atoms with Gasteiger partial charge in [-0.15, -0.1) is 0 Å². The van der Waals surface area contributed by atoms with Crippen molar-refractivity contribution in [3.05, 3.63) is 63.2 Å². The Hall–Kier alpha value is -2.63. The average molecular weight is 271 g/mol. The lowest BCUT2D eigenvalue weighted by Gasteiger charge is -2.30. The van der Waals surface area contributed by atoms with Crippen LogP contribution >= 0.6 is 0 Å². The van der Waals surface area contributed by atoms with Crippen LogP contribution in [0.5, 0.6) is 5.75 Å². The van der Waals surface area contributed by atoms with Crippen LogP contribution in [0.15, 0.2) is 46.4 Å². The summed E-state index contributed by atoms with van der Waals surface area (Å²) in [5.74, 6) is 0.546. The molecule has 0 atom stereocenters. The summed E-state index contributed by atoms with van der Waals surface area (Å²) in [5.41, 5.74) is -0.333. The Bertz CT molecular complexity index is 786. The highest BCUT2D eigenvalue weighted by atomic mass is 16.5. The second-order valence-corrected chi connectivity index (χ2v) is 5.06. The molecule has 1 aliphatic heterocycles. The molecule has 102 valence electrons. The molecule has 0 saturated heterocycles. The van der Waals surface area contributed by atoms with Crippen LogP contribution in [0.2, 0.25) is 0 Å². The molecule has 3 rings (SSSR count). The van der Waals surface area contributed by atoms with Gasteiger partial charge in [0.2, 0.25) is 0 Å². The van der Waals surface area contributed by atoms with Crippen molar-refractivity contribution in [2.45, 2.75) is 19.4 Å². The van der Waals surface area contributed by atoms with Crippen molar-refractivity contribution in [3.63, 3.8) is 0 Å². The molecule has 2 aromatic rings. The molecule has 0 amide bonds. The van der Waals surface area contributed by atoms with Gasteiger partial charge < -0.3 is 9.72 Å². The molecule has 0 spiro atoms. The largest absolute Gasteiger partial charge is 0.481 e. The van der Waals surface area contributed by atoms with E-state index in [2.05, 4.69) is 9.97 Å². The molecule has 0 bridgehead atoms. The molecule has 6 heteroatoms. The maximum Gasteiger partial charge on any atom is 0.332 e. The molecule has 0 unspecified atom stereocenters. The number of hydrogen-bond donors (Lipinski definition) is 1. The molecule has 1 N–H and O–H groups in total. The lowest BCUT2D eigenvalue weighted by Crippen LogP contribution is -2.37. The summed E-state index contributed by atoms with van der Waals surface area (Å²) in [4.78, 5) is 30.5. The highest BCUT2D eigenvalue weighted by Crippen LogP contribution is 2.34. The summed E-state index contributed by atoms with van der Waals surface area (Å²) in [6.07, 6.45) is 6.26. The number of pyridine rings is 1. The van der Waals surface area contributed by atoms with Crippen molar-refractivity contribution in [3.8, 4) is 5.75 Å². The molecule has 2 aromatic heterocycles. The van der Waals surface area contributed by atoms with E-state index in [9.17, 15) is 9.59 Å². The van der Waals surface area contributed by atoms with Gasteiger partial charge in [-0.05, 0) is 26.0 Å². The fourth-order valence-electron chi connectivity index (χ4n) is 2.23.